The van der Waals surface area contributed by atoms with Crippen LogP contribution in [-0.4, -0.2) is 39.5 Å². The molecule has 0 aliphatic carbocycles. The third-order valence-corrected chi connectivity index (χ3v) is 3.91. The lowest BCUT2D eigenvalue weighted by molar-refractivity contribution is -0.146. The Bertz CT molecular complexity index is 521. The van der Waals surface area contributed by atoms with E-state index in [1.807, 2.05) is 13.8 Å². The number of carbonyl (C=O) groups is 2. The van der Waals surface area contributed by atoms with Crippen molar-refractivity contribution in [2.75, 3.05) is 6.54 Å². The lowest BCUT2D eigenvalue weighted by atomic mass is 10.2. The smallest absolute Gasteiger partial charge is 0.330 e. The second kappa shape index (κ2) is 4.89. The molecule has 1 amide bonds. The summed E-state index contributed by atoms with van der Waals surface area (Å²) in [6.45, 7) is 4.12. The van der Waals surface area contributed by atoms with Crippen molar-refractivity contribution >= 4 is 23.2 Å². The molecule has 96 valence electrons. The van der Waals surface area contributed by atoms with E-state index >= 15 is 0 Å². The van der Waals surface area contributed by atoms with Crippen molar-refractivity contribution in [3.8, 4) is 0 Å². The Hall–Kier alpha value is -1.69. The lowest BCUT2D eigenvalue weighted by Crippen LogP contribution is -2.41. The van der Waals surface area contributed by atoms with E-state index in [9.17, 15) is 9.59 Å². The minimum atomic E-state index is -0.991. The van der Waals surface area contributed by atoms with E-state index in [4.69, 9.17) is 5.11 Å². The van der Waals surface area contributed by atoms with Crippen LogP contribution in [0.5, 0.6) is 0 Å². The molecule has 0 spiro atoms. The van der Waals surface area contributed by atoms with Crippen LogP contribution < -0.4 is 0 Å². The van der Waals surface area contributed by atoms with Crippen molar-refractivity contribution in [1.82, 2.24) is 9.88 Å². The molecule has 0 fully saturated rings. The number of rotatable bonds is 3. The molecular formula is C12H14N2O3S. The standard InChI is InChI=1S/C12H14N2O3S/c1-7-10(18-8(2)13-7)6-11(15)14-5-3-4-9(14)12(16)17/h3-4,9H,5-6H2,1-2H3,(H,16,17). The molecule has 1 aromatic heterocycles. The number of thiazole rings is 1. The molecule has 5 nitrogen and oxygen atoms in total. The number of nitrogens with zero attached hydrogens (tertiary/aromatic N) is 2. The van der Waals surface area contributed by atoms with Gasteiger partial charge in [0.1, 0.15) is 6.04 Å². The van der Waals surface area contributed by atoms with E-state index in [2.05, 4.69) is 4.98 Å². The highest BCUT2D eigenvalue weighted by Crippen LogP contribution is 2.20. The number of amides is 1. The highest BCUT2D eigenvalue weighted by atomic mass is 32.1. The van der Waals surface area contributed by atoms with Gasteiger partial charge in [-0.05, 0) is 13.8 Å². The summed E-state index contributed by atoms with van der Waals surface area (Å²) in [7, 11) is 0. The van der Waals surface area contributed by atoms with Crippen molar-refractivity contribution in [3.63, 3.8) is 0 Å². The molecule has 1 unspecified atom stereocenters. The summed E-state index contributed by atoms with van der Waals surface area (Å²) in [4.78, 5) is 29.6. The Morgan fingerprint density at radius 2 is 2.28 bits per heavy atom. The topological polar surface area (TPSA) is 70.5 Å². The third kappa shape index (κ3) is 2.43. The zero-order valence-electron chi connectivity index (χ0n) is 10.2. The highest BCUT2D eigenvalue weighted by molar-refractivity contribution is 7.11. The molecule has 0 saturated heterocycles. The highest BCUT2D eigenvalue weighted by Gasteiger charge is 2.30. The molecule has 0 radical (unpaired) electrons. The molecule has 0 saturated carbocycles. The fourth-order valence-electron chi connectivity index (χ4n) is 1.97. The molecule has 1 aromatic rings. The van der Waals surface area contributed by atoms with Crippen LogP contribution in [0, 0.1) is 13.8 Å². The first kappa shape index (κ1) is 12.8. The minimum absolute atomic E-state index is 0.167. The van der Waals surface area contributed by atoms with E-state index in [1.165, 1.54) is 16.2 Å². The summed E-state index contributed by atoms with van der Waals surface area (Å²) >= 11 is 1.48. The summed E-state index contributed by atoms with van der Waals surface area (Å²) in [5.41, 5.74) is 0.852. The first-order chi connectivity index (χ1) is 8.49. The molecule has 0 aromatic carbocycles. The predicted octanol–water partition coefficient (Wildman–Crippen LogP) is 1.15. The van der Waals surface area contributed by atoms with Gasteiger partial charge in [0.05, 0.1) is 17.1 Å². The van der Waals surface area contributed by atoms with Crippen LogP contribution in [0.15, 0.2) is 12.2 Å². The maximum atomic E-state index is 12.1. The molecule has 1 aliphatic heterocycles. The van der Waals surface area contributed by atoms with E-state index < -0.39 is 12.0 Å². The average molecular weight is 266 g/mol. The third-order valence-electron chi connectivity index (χ3n) is 2.84. The van der Waals surface area contributed by atoms with Gasteiger partial charge in [-0.25, -0.2) is 9.78 Å². The van der Waals surface area contributed by atoms with Crippen LogP contribution >= 0.6 is 11.3 Å². The van der Waals surface area contributed by atoms with Gasteiger partial charge in [-0.2, -0.15) is 0 Å². The first-order valence-corrected chi connectivity index (χ1v) is 6.42. The fraction of sp³-hybridized carbons (Fsp3) is 0.417. The van der Waals surface area contributed by atoms with Crippen LogP contribution in [0.25, 0.3) is 0 Å². The molecule has 2 rings (SSSR count). The van der Waals surface area contributed by atoms with E-state index in [0.717, 1.165) is 15.6 Å². The summed E-state index contributed by atoms with van der Waals surface area (Å²) in [5.74, 6) is -1.16. The van der Waals surface area contributed by atoms with Gasteiger partial charge in [-0.15, -0.1) is 11.3 Å². The maximum Gasteiger partial charge on any atom is 0.330 e. The number of aliphatic carboxylic acids is 1. The van der Waals surface area contributed by atoms with Crippen molar-refractivity contribution in [2.45, 2.75) is 26.3 Å². The van der Waals surface area contributed by atoms with Gasteiger partial charge >= 0.3 is 5.97 Å². The largest absolute Gasteiger partial charge is 0.479 e. The second-order valence-electron chi connectivity index (χ2n) is 4.18. The number of aryl methyl sites for hydroxylation is 2. The number of aromatic nitrogens is 1. The van der Waals surface area contributed by atoms with Gasteiger partial charge in [0.2, 0.25) is 5.91 Å². The SMILES string of the molecule is Cc1nc(C)c(CC(=O)N2CC=CC2C(=O)O)s1. The van der Waals surface area contributed by atoms with Crippen molar-refractivity contribution in [3.05, 3.63) is 27.7 Å². The first-order valence-electron chi connectivity index (χ1n) is 5.61. The van der Waals surface area contributed by atoms with Crippen LogP contribution in [0.3, 0.4) is 0 Å². The summed E-state index contributed by atoms with van der Waals surface area (Å²) < 4.78 is 0. The lowest BCUT2D eigenvalue weighted by Gasteiger charge is -2.21. The number of carboxylic acid groups (broad SMARTS) is 1. The molecule has 1 atom stereocenters. The summed E-state index contributed by atoms with van der Waals surface area (Å²) in [5, 5.41) is 9.92. The Labute approximate surface area is 109 Å². The predicted molar refractivity (Wildman–Crippen MR) is 67.6 cm³/mol. The Morgan fingerprint density at radius 3 is 2.83 bits per heavy atom. The monoisotopic (exact) mass is 266 g/mol. The molecule has 18 heavy (non-hydrogen) atoms. The van der Waals surface area contributed by atoms with Crippen molar-refractivity contribution in [2.24, 2.45) is 0 Å². The van der Waals surface area contributed by atoms with Gasteiger partial charge < -0.3 is 10.0 Å². The zero-order valence-corrected chi connectivity index (χ0v) is 11.0. The Kier molecular flexibility index (Phi) is 3.47. The molecule has 6 heteroatoms. The zero-order chi connectivity index (χ0) is 13.3. The normalized spacial score (nSPS) is 18.3. The molecule has 2 heterocycles. The van der Waals surface area contributed by atoms with E-state index in [0.29, 0.717) is 6.54 Å². The van der Waals surface area contributed by atoms with Crippen LogP contribution in [-0.2, 0) is 16.0 Å². The fourth-order valence-corrected chi connectivity index (χ4v) is 2.90. The molecule has 0 bridgehead atoms. The van der Waals surface area contributed by atoms with Gasteiger partial charge in [0, 0.05) is 11.4 Å². The molecule has 1 aliphatic rings. The summed E-state index contributed by atoms with van der Waals surface area (Å²) in [6, 6.07) is -0.827. The molecule has 1 N–H and O–H groups in total. The number of hydrogen-bond donors (Lipinski definition) is 1. The molecular weight excluding hydrogens is 252 g/mol. The minimum Gasteiger partial charge on any atom is -0.479 e. The van der Waals surface area contributed by atoms with E-state index in [-0.39, 0.29) is 12.3 Å². The quantitative estimate of drug-likeness (QED) is 0.833. The number of carbonyl (C=O) groups excluding carboxylic acids is 1. The summed E-state index contributed by atoms with van der Waals surface area (Å²) in [6.07, 6.45) is 3.48. The number of carboxylic acids is 1. The van der Waals surface area contributed by atoms with Crippen LogP contribution in [0.4, 0.5) is 0 Å². The van der Waals surface area contributed by atoms with Crippen molar-refractivity contribution < 1.29 is 14.7 Å². The maximum absolute atomic E-state index is 12.1. The van der Waals surface area contributed by atoms with Crippen molar-refractivity contribution in [1.29, 1.82) is 0 Å². The Balaban J connectivity index is 2.09. The van der Waals surface area contributed by atoms with Gasteiger partial charge in [-0.3, -0.25) is 4.79 Å². The number of hydrogen-bond acceptors (Lipinski definition) is 4. The van der Waals surface area contributed by atoms with Gasteiger partial charge in [-0.1, -0.05) is 12.2 Å². The van der Waals surface area contributed by atoms with Crippen LogP contribution in [0.2, 0.25) is 0 Å². The van der Waals surface area contributed by atoms with Gasteiger partial charge in [0.25, 0.3) is 0 Å². The van der Waals surface area contributed by atoms with Gasteiger partial charge in [0.15, 0.2) is 0 Å². The Morgan fingerprint density at radius 1 is 1.56 bits per heavy atom. The van der Waals surface area contributed by atoms with E-state index in [1.54, 1.807) is 12.2 Å². The average Bonchev–Trinajstić information content (AvgIpc) is 2.86. The van der Waals surface area contributed by atoms with Crippen LogP contribution in [0.1, 0.15) is 15.6 Å². The second-order valence-corrected chi connectivity index (χ2v) is 5.46.